The first kappa shape index (κ1) is 22.3. The summed E-state index contributed by atoms with van der Waals surface area (Å²) in [6, 6.07) is 19.1. The van der Waals surface area contributed by atoms with Crippen molar-refractivity contribution in [3.8, 4) is 0 Å². The number of carbonyl (C=O) groups is 1. The zero-order chi connectivity index (χ0) is 19.7. The number of amides is 1. The molecule has 0 saturated carbocycles. The lowest BCUT2D eigenvalue weighted by atomic mass is 9.98. The molecule has 2 aliphatic heterocycles. The van der Waals surface area contributed by atoms with Crippen molar-refractivity contribution in [1.82, 2.24) is 0 Å². The standard InChI is InChI=1S/C23H28BrN2O2.BrH/c1-26(2)20-11-12-21(26)15-22(14-20)28-23(27)25(19-9-4-3-5-10-19)16-17-7-6-8-18(24)13-17;/h3-10,13,20-22H,11-12,14-16H2,1-2H3;1H/q+1;/p-1/t20-,21+,22?;. The van der Waals surface area contributed by atoms with Gasteiger partial charge in [-0.1, -0.05) is 46.3 Å². The number of benzene rings is 2. The van der Waals surface area contributed by atoms with Gasteiger partial charge in [-0.2, -0.15) is 0 Å². The Labute approximate surface area is 192 Å². The van der Waals surface area contributed by atoms with E-state index in [1.54, 1.807) is 4.90 Å². The highest BCUT2D eigenvalue weighted by atomic mass is 79.9. The smallest absolute Gasteiger partial charge is 0.414 e. The molecule has 2 aromatic carbocycles. The van der Waals surface area contributed by atoms with Crippen LogP contribution in [0.1, 0.15) is 31.2 Å². The molecule has 0 radical (unpaired) electrons. The molecule has 1 unspecified atom stereocenters. The fraction of sp³-hybridized carbons (Fsp3) is 0.435. The average Bonchev–Trinajstić information content (AvgIpc) is 2.84. The molecule has 0 aromatic heterocycles. The quantitative estimate of drug-likeness (QED) is 0.576. The van der Waals surface area contributed by atoms with Gasteiger partial charge in [-0.05, 0) is 29.8 Å². The number of hydrogen-bond donors (Lipinski definition) is 0. The number of anilines is 1. The zero-order valence-electron chi connectivity index (χ0n) is 16.9. The molecule has 2 heterocycles. The van der Waals surface area contributed by atoms with Crippen molar-refractivity contribution < 1.29 is 31.0 Å². The number of halogens is 2. The van der Waals surface area contributed by atoms with E-state index in [9.17, 15) is 4.79 Å². The molecule has 2 fully saturated rings. The van der Waals surface area contributed by atoms with Gasteiger partial charge in [-0.25, -0.2) is 4.79 Å². The lowest BCUT2D eigenvalue weighted by molar-refractivity contribution is -0.931. The van der Waals surface area contributed by atoms with Crippen LogP contribution in [-0.4, -0.2) is 42.9 Å². The van der Waals surface area contributed by atoms with Crippen LogP contribution >= 0.6 is 15.9 Å². The summed E-state index contributed by atoms with van der Waals surface area (Å²) in [5, 5.41) is 0. The van der Waals surface area contributed by atoms with Gasteiger partial charge in [-0.3, -0.25) is 4.90 Å². The predicted molar refractivity (Wildman–Crippen MR) is 115 cm³/mol. The summed E-state index contributed by atoms with van der Waals surface area (Å²) in [6.07, 6.45) is 4.19. The van der Waals surface area contributed by atoms with E-state index >= 15 is 0 Å². The second kappa shape index (κ2) is 9.19. The molecule has 4 rings (SSSR count). The molecule has 29 heavy (non-hydrogen) atoms. The van der Waals surface area contributed by atoms with Gasteiger partial charge in [0.25, 0.3) is 0 Å². The minimum Gasteiger partial charge on any atom is -1.00 e. The molecule has 1 amide bonds. The van der Waals surface area contributed by atoms with Crippen molar-refractivity contribution in [3.63, 3.8) is 0 Å². The van der Waals surface area contributed by atoms with Crippen LogP contribution < -0.4 is 21.9 Å². The Kier molecular flexibility index (Phi) is 7.07. The van der Waals surface area contributed by atoms with Crippen molar-refractivity contribution in [1.29, 1.82) is 0 Å². The molecule has 0 aliphatic carbocycles. The van der Waals surface area contributed by atoms with E-state index in [0.717, 1.165) is 33.0 Å². The van der Waals surface area contributed by atoms with Crippen molar-refractivity contribution >= 4 is 27.7 Å². The molecule has 6 heteroatoms. The number of rotatable bonds is 4. The summed E-state index contributed by atoms with van der Waals surface area (Å²) >= 11 is 3.52. The first-order chi connectivity index (χ1) is 13.4. The number of nitrogens with zero attached hydrogens (tertiary/aromatic N) is 2. The van der Waals surface area contributed by atoms with Gasteiger partial charge in [0.1, 0.15) is 6.10 Å². The molecule has 4 nitrogen and oxygen atoms in total. The largest absolute Gasteiger partial charge is 1.00 e. The maximum atomic E-state index is 13.2. The van der Waals surface area contributed by atoms with Gasteiger partial charge < -0.3 is 26.2 Å². The molecular formula is C23H28Br2N2O2. The maximum absolute atomic E-state index is 13.2. The van der Waals surface area contributed by atoms with Crippen molar-refractivity contribution in [3.05, 3.63) is 64.6 Å². The number of para-hydroxylation sites is 1. The number of quaternary nitrogens is 1. The summed E-state index contributed by atoms with van der Waals surface area (Å²) in [7, 11) is 4.65. The highest BCUT2D eigenvalue weighted by Gasteiger charge is 2.50. The van der Waals surface area contributed by atoms with Crippen LogP contribution in [0.15, 0.2) is 59.1 Å². The van der Waals surface area contributed by atoms with Gasteiger partial charge in [0.05, 0.1) is 32.7 Å². The Bertz CT molecular complexity index is 828. The SMILES string of the molecule is C[N+]1(C)[C@@H]2CC[C@H]1CC(OC(=O)N(Cc1cccc(Br)c1)c1ccccc1)C2.[Br-]. The monoisotopic (exact) mass is 522 g/mol. The fourth-order valence-corrected chi connectivity index (χ4v) is 5.27. The molecular weight excluding hydrogens is 496 g/mol. The van der Waals surface area contributed by atoms with Crippen molar-refractivity contribution in [2.75, 3.05) is 19.0 Å². The second-order valence-electron chi connectivity index (χ2n) is 8.54. The molecule has 3 atom stereocenters. The van der Waals surface area contributed by atoms with Crippen LogP contribution in [-0.2, 0) is 11.3 Å². The third-order valence-electron chi connectivity index (χ3n) is 6.57. The van der Waals surface area contributed by atoms with E-state index in [1.807, 2.05) is 54.6 Å². The van der Waals surface area contributed by atoms with Gasteiger partial charge in [0.2, 0.25) is 0 Å². The van der Waals surface area contributed by atoms with Crippen LogP contribution in [0.2, 0.25) is 0 Å². The van der Waals surface area contributed by atoms with E-state index in [-0.39, 0.29) is 29.2 Å². The average molecular weight is 524 g/mol. The highest BCUT2D eigenvalue weighted by Crippen LogP contribution is 2.40. The van der Waals surface area contributed by atoms with E-state index < -0.39 is 0 Å². The molecule has 2 aromatic rings. The fourth-order valence-electron chi connectivity index (χ4n) is 4.82. The zero-order valence-corrected chi connectivity index (χ0v) is 20.1. The van der Waals surface area contributed by atoms with Crippen LogP contribution in [0, 0.1) is 0 Å². The summed E-state index contributed by atoms with van der Waals surface area (Å²) in [5.74, 6) is 0. The molecule has 0 N–H and O–H groups in total. The Morgan fingerprint density at radius 3 is 2.34 bits per heavy atom. The first-order valence-corrected chi connectivity index (χ1v) is 10.8. The molecule has 2 saturated heterocycles. The normalized spacial score (nSPS) is 24.4. The summed E-state index contributed by atoms with van der Waals surface area (Å²) in [4.78, 5) is 14.9. The van der Waals surface area contributed by atoms with Gasteiger partial charge in [-0.15, -0.1) is 0 Å². The van der Waals surface area contributed by atoms with Gasteiger partial charge in [0.15, 0.2) is 0 Å². The van der Waals surface area contributed by atoms with Crippen molar-refractivity contribution in [2.24, 2.45) is 0 Å². The van der Waals surface area contributed by atoms with E-state index in [0.29, 0.717) is 18.6 Å². The number of piperidine rings is 1. The Morgan fingerprint density at radius 1 is 1.07 bits per heavy atom. The van der Waals surface area contributed by atoms with Crippen molar-refractivity contribution in [2.45, 2.75) is 50.4 Å². The number of carbonyl (C=O) groups excluding carboxylic acids is 1. The molecule has 0 spiro atoms. The molecule has 2 aliphatic rings. The number of ether oxygens (including phenoxy) is 1. The van der Waals surface area contributed by atoms with Crippen LogP contribution in [0.3, 0.4) is 0 Å². The van der Waals surface area contributed by atoms with Crippen LogP contribution in [0.5, 0.6) is 0 Å². The van der Waals surface area contributed by atoms with E-state index in [2.05, 4.69) is 30.0 Å². The van der Waals surface area contributed by atoms with Gasteiger partial charge in [0, 0.05) is 35.8 Å². The minimum atomic E-state index is -0.247. The Morgan fingerprint density at radius 2 is 1.72 bits per heavy atom. The van der Waals surface area contributed by atoms with E-state index in [1.165, 1.54) is 12.8 Å². The van der Waals surface area contributed by atoms with E-state index in [4.69, 9.17) is 4.74 Å². The number of hydrogen-bond acceptors (Lipinski definition) is 2. The first-order valence-electron chi connectivity index (χ1n) is 10.0. The van der Waals surface area contributed by atoms with Crippen LogP contribution in [0.4, 0.5) is 10.5 Å². The topological polar surface area (TPSA) is 29.5 Å². The second-order valence-corrected chi connectivity index (χ2v) is 9.46. The predicted octanol–water partition coefficient (Wildman–Crippen LogP) is 2.37. The maximum Gasteiger partial charge on any atom is 0.414 e. The lowest BCUT2D eigenvalue weighted by Gasteiger charge is -2.44. The molecule has 156 valence electrons. The summed E-state index contributed by atoms with van der Waals surface area (Å²) in [6.45, 7) is 0.490. The number of fused-ring (bicyclic) bond motifs is 2. The Hall–Kier alpha value is -1.37. The third kappa shape index (κ3) is 4.86. The highest BCUT2D eigenvalue weighted by molar-refractivity contribution is 9.10. The summed E-state index contributed by atoms with van der Waals surface area (Å²) in [5.41, 5.74) is 1.93. The van der Waals surface area contributed by atoms with Gasteiger partial charge >= 0.3 is 6.09 Å². The molecule has 2 bridgehead atoms. The van der Waals surface area contributed by atoms with Crippen LogP contribution in [0.25, 0.3) is 0 Å². The Balaban J connectivity index is 0.00000240. The lowest BCUT2D eigenvalue weighted by Crippen LogP contribution is -3.00. The summed E-state index contributed by atoms with van der Waals surface area (Å²) < 4.78 is 8.14. The minimum absolute atomic E-state index is 0. The third-order valence-corrected chi connectivity index (χ3v) is 7.06.